The summed E-state index contributed by atoms with van der Waals surface area (Å²) in [4.78, 5) is 15.4. The first kappa shape index (κ1) is 16.1. The number of carboxylic acid groups (broad SMARTS) is 1. The third-order valence-electron chi connectivity index (χ3n) is 3.29. The predicted octanol–water partition coefficient (Wildman–Crippen LogP) is 4.02. The van der Waals surface area contributed by atoms with E-state index in [1.807, 2.05) is 0 Å². The zero-order valence-corrected chi connectivity index (χ0v) is 12.3. The molecule has 0 saturated heterocycles. The van der Waals surface area contributed by atoms with Crippen LogP contribution in [0, 0.1) is 6.92 Å². The summed E-state index contributed by atoms with van der Waals surface area (Å²) in [5, 5.41) is 9.29. The van der Waals surface area contributed by atoms with Crippen LogP contribution in [0.4, 0.5) is 13.2 Å². The fraction of sp³-hybridized carbons (Fsp3) is 0.333. The number of carbonyl (C=O) groups is 1. The lowest BCUT2D eigenvalue weighted by Gasteiger charge is -2.20. The lowest BCUT2D eigenvalue weighted by Crippen LogP contribution is -2.16. The molecule has 0 bridgehead atoms. The molecule has 1 aromatic heterocycles. The van der Waals surface area contributed by atoms with Gasteiger partial charge in [0, 0.05) is 11.9 Å². The fourth-order valence-electron chi connectivity index (χ4n) is 2.38. The molecule has 0 saturated carbocycles. The van der Waals surface area contributed by atoms with E-state index in [1.54, 1.807) is 6.92 Å². The number of benzene rings is 1. The number of aromatic nitrogens is 2. The molecule has 22 heavy (non-hydrogen) atoms. The molecule has 0 unspecified atom stereocenters. The maximum absolute atomic E-state index is 13.3. The van der Waals surface area contributed by atoms with E-state index in [2.05, 4.69) is 4.98 Å². The molecule has 2 aromatic rings. The summed E-state index contributed by atoms with van der Waals surface area (Å²) in [5.74, 6) is -1.95. The molecular formula is C15H15F3N2O2. The number of nitrogens with zero attached hydrogens (tertiary/aromatic N) is 2. The van der Waals surface area contributed by atoms with E-state index in [4.69, 9.17) is 0 Å². The molecule has 0 aliphatic carbocycles. The molecule has 7 heteroatoms. The van der Waals surface area contributed by atoms with Crippen LogP contribution >= 0.6 is 0 Å². The Morgan fingerprint density at radius 2 is 1.95 bits per heavy atom. The molecule has 0 atom stereocenters. The van der Waals surface area contributed by atoms with E-state index in [1.165, 1.54) is 37.0 Å². The minimum Gasteiger partial charge on any atom is -0.478 e. The number of aromatic carboxylic acids is 1. The predicted molar refractivity (Wildman–Crippen MR) is 74.4 cm³/mol. The van der Waals surface area contributed by atoms with Gasteiger partial charge in [0.15, 0.2) is 0 Å². The largest absolute Gasteiger partial charge is 0.478 e. The topological polar surface area (TPSA) is 55.1 Å². The van der Waals surface area contributed by atoms with Crippen molar-refractivity contribution in [1.29, 1.82) is 0 Å². The summed E-state index contributed by atoms with van der Waals surface area (Å²) in [6, 6.07) is 2.21. The summed E-state index contributed by atoms with van der Waals surface area (Å²) in [6.07, 6.45) is -1.74. The highest BCUT2D eigenvalue weighted by molar-refractivity contribution is 5.91. The van der Waals surface area contributed by atoms with E-state index in [0.717, 1.165) is 6.07 Å². The summed E-state index contributed by atoms with van der Waals surface area (Å²) in [5.41, 5.74) is -0.733. The summed E-state index contributed by atoms with van der Waals surface area (Å²) < 4.78 is 41.4. The second-order valence-corrected chi connectivity index (χ2v) is 5.33. The van der Waals surface area contributed by atoms with Gasteiger partial charge in [0.1, 0.15) is 0 Å². The van der Waals surface area contributed by atoms with Crippen LogP contribution in [0.2, 0.25) is 0 Å². The van der Waals surface area contributed by atoms with Crippen LogP contribution < -0.4 is 0 Å². The minimum absolute atomic E-state index is 0.120. The zero-order valence-electron chi connectivity index (χ0n) is 12.3. The molecule has 1 aromatic carbocycles. The third-order valence-corrected chi connectivity index (χ3v) is 3.29. The molecule has 1 heterocycles. The Kier molecular flexibility index (Phi) is 4.00. The number of hydrogen-bond donors (Lipinski definition) is 1. The Labute approximate surface area is 125 Å². The molecule has 4 nitrogen and oxygen atoms in total. The van der Waals surface area contributed by atoms with E-state index in [-0.39, 0.29) is 16.8 Å². The maximum atomic E-state index is 13.3. The molecule has 1 N–H and O–H groups in total. The normalized spacial score (nSPS) is 12.0. The molecular weight excluding hydrogens is 297 g/mol. The molecule has 0 spiro atoms. The quantitative estimate of drug-likeness (QED) is 0.931. The van der Waals surface area contributed by atoms with Crippen molar-refractivity contribution in [2.75, 3.05) is 0 Å². The molecule has 0 aliphatic heterocycles. The van der Waals surface area contributed by atoms with Crippen molar-refractivity contribution in [3.8, 4) is 5.69 Å². The van der Waals surface area contributed by atoms with Crippen molar-refractivity contribution in [2.24, 2.45) is 0 Å². The highest BCUT2D eigenvalue weighted by atomic mass is 19.4. The van der Waals surface area contributed by atoms with Crippen LogP contribution in [0.25, 0.3) is 5.69 Å². The first-order valence-electron chi connectivity index (χ1n) is 6.60. The second kappa shape index (κ2) is 5.47. The van der Waals surface area contributed by atoms with Crippen LogP contribution in [-0.4, -0.2) is 20.6 Å². The van der Waals surface area contributed by atoms with Gasteiger partial charge in [-0.3, -0.25) is 0 Å². The Morgan fingerprint density at radius 3 is 2.36 bits per heavy atom. The molecule has 0 fully saturated rings. The van der Waals surface area contributed by atoms with Crippen molar-refractivity contribution in [3.63, 3.8) is 0 Å². The highest BCUT2D eigenvalue weighted by Crippen LogP contribution is 2.38. The molecule has 0 amide bonds. The molecule has 118 valence electrons. The Bertz CT molecular complexity index is 718. The highest BCUT2D eigenvalue weighted by Gasteiger charge is 2.36. The van der Waals surface area contributed by atoms with Crippen molar-refractivity contribution < 1.29 is 23.1 Å². The van der Waals surface area contributed by atoms with Gasteiger partial charge >= 0.3 is 12.1 Å². The molecule has 2 rings (SSSR count). The Hall–Kier alpha value is -2.31. The maximum Gasteiger partial charge on any atom is 0.416 e. The van der Waals surface area contributed by atoms with Gasteiger partial charge in [-0.05, 0) is 30.5 Å². The van der Waals surface area contributed by atoms with E-state index < -0.39 is 23.6 Å². The second-order valence-electron chi connectivity index (χ2n) is 5.33. The number of aryl methyl sites for hydroxylation is 1. The molecule has 0 radical (unpaired) electrons. The van der Waals surface area contributed by atoms with Gasteiger partial charge < -0.3 is 9.67 Å². The SMILES string of the molecule is Cc1cn(-c2cc(C(=O)O)c(C(C)C)c(C(F)(F)F)c2)cn1. The van der Waals surface area contributed by atoms with Crippen LogP contribution in [0.3, 0.4) is 0 Å². The summed E-state index contributed by atoms with van der Waals surface area (Å²) in [6.45, 7) is 4.78. The van der Waals surface area contributed by atoms with Gasteiger partial charge in [-0.1, -0.05) is 13.8 Å². The van der Waals surface area contributed by atoms with Crippen LogP contribution in [0.1, 0.15) is 46.9 Å². The summed E-state index contributed by atoms with van der Waals surface area (Å²) >= 11 is 0. The monoisotopic (exact) mass is 312 g/mol. The number of rotatable bonds is 3. The average molecular weight is 312 g/mol. The van der Waals surface area contributed by atoms with E-state index in [9.17, 15) is 23.1 Å². The first-order valence-corrected chi connectivity index (χ1v) is 6.60. The summed E-state index contributed by atoms with van der Waals surface area (Å²) in [7, 11) is 0. The van der Waals surface area contributed by atoms with Gasteiger partial charge in [0.2, 0.25) is 0 Å². The fourth-order valence-corrected chi connectivity index (χ4v) is 2.38. The average Bonchev–Trinajstić information content (AvgIpc) is 2.82. The van der Waals surface area contributed by atoms with Gasteiger partial charge in [0.25, 0.3) is 0 Å². The Morgan fingerprint density at radius 1 is 1.32 bits per heavy atom. The number of imidazole rings is 1. The van der Waals surface area contributed by atoms with Crippen LogP contribution in [-0.2, 0) is 6.18 Å². The van der Waals surface area contributed by atoms with Crippen molar-refractivity contribution in [1.82, 2.24) is 9.55 Å². The minimum atomic E-state index is -4.63. The standard InChI is InChI=1S/C15H15F3N2O2/c1-8(2)13-11(14(21)22)4-10(5-12(13)15(16,17)18)20-6-9(3)19-7-20/h4-8H,1-3H3,(H,21,22). The lowest BCUT2D eigenvalue weighted by atomic mass is 9.90. The lowest BCUT2D eigenvalue weighted by molar-refractivity contribution is -0.138. The smallest absolute Gasteiger partial charge is 0.416 e. The van der Waals surface area contributed by atoms with Crippen LogP contribution in [0.15, 0.2) is 24.7 Å². The first-order chi connectivity index (χ1) is 10.1. The van der Waals surface area contributed by atoms with Gasteiger partial charge in [0.05, 0.1) is 23.1 Å². The number of alkyl halides is 3. The Balaban J connectivity index is 2.79. The van der Waals surface area contributed by atoms with Crippen molar-refractivity contribution >= 4 is 5.97 Å². The zero-order chi connectivity index (χ0) is 16.7. The van der Waals surface area contributed by atoms with Crippen LogP contribution in [0.5, 0.6) is 0 Å². The van der Waals surface area contributed by atoms with Crippen molar-refractivity contribution in [2.45, 2.75) is 32.9 Å². The number of halogens is 3. The number of hydrogen-bond acceptors (Lipinski definition) is 2. The van der Waals surface area contributed by atoms with E-state index in [0.29, 0.717) is 5.69 Å². The van der Waals surface area contributed by atoms with Crippen molar-refractivity contribution in [3.05, 3.63) is 47.0 Å². The van der Waals surface area contributed by atoms with Gasteiger partial charge in [-0.2, -0.15) is 13.2 Å². The van der Waals surface area contributed by atoms with Gasteiger partial charge in [-0.15, -0.1) is 0 Å². The van der Waals surface area contributed by atoms with E-state index >= 15 is 0 Å². The molecule has 0 aliphatic rings. The van der Waals surface area contributed by atoms with Gasteiger partial charge in [-0.25, -0.2) is 9.78 Å². The third kappa shape index (κ3) is 2.98. The number of carboxylic acids is 1.